The lowest BCUT2D eigenvalue weighted by Gasteiger charge is -2.31. The largest absolute Gasteiger partial charge is 0.491 e. The molecule has 7 nitrogen and oxygen atoms in total. The van der Waals surface area contributed by atoms with Crippen molar-refractivity contribution in [3.05, 3.63) is 53.7 Å². The maximum Gasteiger partial charge on any atom is 0.433 e. The SMILES string of the molecule is CCOc1cc2nc(C3C[C@@H](C)O[C@@H](C)C3)cn2cc1NC(=O)c1cccc(C(F)(F)F)n1. The first-order chi connectivity index (χ1) is 15.6. The lowest BCUT2D eigenvalue weighted by atomic mass is 9.90. The molecule has 0 spiro atoms. The molecular formula is C23H25F3N4O3. The average molecular weight is 462 g/mol. The predicted molar refractivity (Wildman–Crippen MR) is 116 cm³/mol. The van der Waals surface area contributed by atoms with Crippen LogP contribution in [-0.4, -0.2) is 39.1 Å². The summed E-state index contributed by atoms with van der Waals surface area (Å²) < 4.78 is 52.2. The number of anilines is 1. The molecule has 1 aliphatic heterocycles. The van der Waals surface area contributed by atoms with Gasteiger partial charge in [-0.15, -0.1) is 0 Å². The molecule has 33 heavy (non-hydrogen) atoms. The third-order valence-electron chi connectivity index (χ3n) is 5.51. The summed E-state index contributed by atoms with van der Waals surface area (Å²) >= 11 is 0. The molecule has 1 amide bonds. The molecule has 4 rings (SSSR count). The Bertz CT molecular complexity index is 1150. The van der Waals surface area contributed by atoms with Crippen LogP contribution in [0.4, 0.5) is 18.9 Å². The number of hydrogen-bond donors (Lipinski definition) is 1. The minimum absolute atomic E-state index is 0.136. The number of carbonyl (C=O) groups is 1. The molecule has 1 fully saturated rings. The summed E-state index contributed by atoms with van der Waals surface area (Å²) in [5, 5.41) is 2.62. The molecular weight excluding hydrogens is 437 g/mol. The van der Waals surface area contributed by atoms with Crippen LogP contribution in [0.3, 0.4) is 0 Å². The van der Waals surface area contributed by atoms with E-state index in [9.17, 15) is 18.0 Å². The number of pyridine rings is 2. The topological polar surface area (TPSA) is 77.8 Å². The molecule has 1 unspecified atom stereocenters. The summed E-state index contributed by atoms with van der Waals surface area (Å²) in [6.07, 6.45) is 0.898. The van der Waals surface area contributed by atoms with Crippen LogP contribution in [0.5, 0.6) is 5.75 Å². The first-order valence-corrected chi connectivity index (χ1v) is 10.8. The molecule has 0 aromatic carbocycles. The second-order valence-corrected chi connectivity index (χ2v) is 8.20. The van der Waals surface area contributed by atoms with E-state index in [0.717, 1.165) is 30.7 Å². The van der Waals surface area contributed by atoms with Crippen LogP contribution in [0, 0.1) is 0 Å². The number of halogens is 3. The van der Waals surface area contributed by atoms with E-state index in [0.29, 0.717) is 23.7 Å². The number of ether oxygens (including phenoxy) is 2. The van der Waals surface area contributed by atoms with Crippen LogP contribution in [0.2, 0.25) is 0 Å². The Morgan fingerprint density at radius 2 is 1.94 bits per heavy atom. The first-order valence-electron chi connectivity index (χ1n) is 10.8. The molecule has 4 heterocycles. The summed E-state index contributed by atoms with van der Waals surface area (Å²) in [6, 6.07) is 4.90. The smallest absolute Gasteiger partial charge is 0.433 e. The number of fused-ring (bicyclic) bond motifs is 1. The summed E-state index contributed by atoms with van der Waals surface area (Å²) in [6.45, 7) is 6.22. The van der Waals surface area contributed by atoms with Crippen LogP contribution in [0.25, 0.3) is 5.65 Å². The fourth-order valence-corrected chi connectivity index (χ4v) is 4.15. The molecule has 3 aromatic heterocycles. The highest BCUT2D eigenvalue weighted by molar-refractivity contribution is 6.03. The van der Waals surface area contributed by atoms with E-state index in [-0.39, 0.29) is 23.8 Å². The van der Waals surface area contributed by atoms with Crippen molar-refractivity contribution >= 4 is 17.2 Å². The number of nitrogens with one attached hydrogen (secondary N) is 1. The molecule has 0 bridgehead atoms. The molecule has 0 saturated carbocycles. The maximum atomic E-state index is 13.0. The van der Waals surface area contributed by atoms with Crippen molar-refractivity contribution in [3.8, 4) is 5.75 Å². The quantitative estimate of drug-likeness (QED) is 0.573. The van der Waals surface area contributed by atoms with Crippen LogP contribution in [0.1, 0.15) is 61.4 Å². The Kier molecular flexibility index (Phi) is 6.29. The molecule has 1 N–H and O–H groups in total. The van der Waals surface area contributed by atoms with E-state index in [1.165, 1.54) is 6.07 Å². The van der Waals surface area contributed by atoms with Gasteiger partial charge in [0.2, 0.25) is 0 Å². The van der Waals surface area contributed by atoms with Gasteiger partial charge in [0, 0.05) is 24.4 Å². The number of amides is 1. The summed E-state index contributed by atoms with van der Waals surface area (Å²) in [5.74, 6) is -0.156. The zero-order chi connectivity index (χ0) is 23.8. The Labute approximate surface area is 188 Å². The van der Waals surface area contributed by atoms with Gasteiger partial charge in [-0.1, -0.05) is 6.07 Å². The number of nitrogens with zero attached hydrogens (tertiary/aromatic N) is 3. The Morgan fingerprint density at radius 1 is 1.21 bits per heavy atom. The highest BCUT2D eigenvalue weighted by Crippen LogP contribution is 2.34. The van der Waals surface area contributed by atoms with Crippen LogP contribution >= 0.6 is 0 Å². The monoisotopic (exact) mass is 462 g/mol. The van der Waals surface area contributed by atoms with Crippen molar-refractivity contribution in [2.75, 3.05) is 11.9 Å². The Morgan fingerprint density at radius 3 is 2.61 bits per heavy atom. The van der Waals surface area contributed by atoms with Gasteiger partial charge in [0.25, 0.3) is 5.91 Å². The molecule has 176 valence electrons. The molecule has 1 aliphatic rings. The van der Waals surface area contributed by atoms with Crippen molar-refractivity contribution in [3.63, 3.8) is 0 Å². The van der Waals surface area contributed by atoms with E-state index < -0.39 is 17.8 Å². The van der Waals surface area contributed by atoms with E-state index in [4.69, 9.17) is 14.5 Å². The molecule has 0 aliphatic carbocycles. The Balaban J connectivity index is 1.64. The fourth-order valence-electron chi connectivity index (χ4n) is 4.15. The lowest BCUT2D eigenvalue weighted by molar-refractivity contribution is -0.141. The predicted octanol–water partition coefficient (Wildman–Crippen LogP) is 5.07. The van der Waals surface area contributed by atoms with Gasteiger partial charge in [0.05, 0.1) is 24.5 Å². The van der Waals surface area contributed by atoms with Gasteiger partial charge in [0.1, 0.15) is 28.5 Å². The lowest BCUT2D eigenvalue weighted by Crippen LogP contribution is -2.28. The Hall–Kier alpha value is -3.14. The van der Waals surface area contributed by atoms with E-state index in [2.05, 4.69) is 10.3 Å². The molecule has 0 radical (unpaired) electrons. The molecule has 10 heteroatoms. The van der Waals surface area contributed by atoms with Gasteiger partial charge in [-0.05, 0) is 45.7 Å². The second-order valence-electron chi connectivity index (χ2n) is 8.20. The number of aromatic nitrogens is 3. The molecule has 1 saturated heterocycles. The van der Waals surface area contributed by atoms with Gasteiger partial charge in [0.15, 0.2) is 0 Å². The normalized spacial score (nSPS) is 21.2. The number of carbonyl (C=O) groups excluding carboxylic acids is 1. The number of hydrogen-bond acceptors (Lipinski definition) is 5. The highest BCUT2D eigenvalue weighted by atomic mass is 19.4. The zero-order valence-electron chi connectivity index (χ0n) is 18.5. The number of alkyl halides is 3. The van der Waals surface area contributed by atoms with Crippen molar-refractivity contribution < 1.29 is 27.4 Å². The van der Waals surface area contributed by atoms with Crippen molar-refractivity contribution in [2.45, 2.75) is 57.9 Å². The molecule has 3 aromatic rings. The average Bonchev–Trinajstić information content (AvgIpc) is 3.16. The van der Waals surface area contributed by atoms with Crippen molar-refractivity contribution in [1.29, 1.82) is 0 Å². The molecule has 3 atom stereocenters. The summed E-state index contributed by atoms with van der Waals surface area (Å²) in [7, 11) is 0. The fraction of sp³-hybridized carbons (Fsp3) is 0.435. The second kappa shape index (κ2) is 9.01. The number of imidazole rings is 1. The van der Waals surface area contributed by atoms with Gasteiger partial charge < -0.3 is 19.2 Å². The summed E-state index contributed by atoms with van der Waals surface area (Å²) in [4.78, 5) is 20.9. The standard InChI is InChI=1S/C23H25F3N4O3/c1-4-32-19-10-21-28-17(15-8-13(2)33-14(3)9-15)11-30(21)12-18(19)29-22(31)16-6-5-7-20(27-16)23(24,25)26/h5-7,10-15H,4,8-9H2,1-3H3,(H,29,31)/t13-,14+,15?. The van der Waals surface area contributed by atoms with Crippen LogP contribution < -0.4 is 10.1 Å². The minimum Gasteiger partial charge on any atom is -0.491 e. The van der Waals surface area contributed by atoms with Crippen LogP contribution in [-0.2, 0) is 10.9 Å². The van der Waals surface area contributed by atoms with Gasteiger partial charge >= 0.3 is 6.18 Å². The van der Waals surface area contributed by atoms with Crippen molar-refractivity contribution in [2.24, 2.45) is 0 Å². The van der Waals surface area contributed by atoms with E-state index in [1.54, 1.807) is 23.6 Å². The van der Waals surface area contributed by atoms with Crippen molar-refractivity contribution in [1.82, 2.24) is 14.4 Å². The number of rotatable bonds is 5. The minimum atomic E-state index is -4.64. The van der Waals surface area contributed by atoms with Crippen LogP contribution in [0.15, 0.2) is 36.7 Å². The van der Waals surface area contributed by atoms with Gasteiger partial charge in [-0.25, -0.2) is 9.97 Å². The first kappa shape index (κ1) is 23.0. The van der Waals surface area contributed by atoms with E-state index in [1.807, 2.05) is 20.0 Å². The highest BCUT2D eigenvalue weighted by Gasteiger charge is 2.33. The zero-order valence-corrected chi connectivity index (χ0v) is 18.5. The maximum absolute atomic E-state index is 13.0. The summed E-state index contributed by atoms with van der Waals surface area (Å²) in [5.41, 5.74) is 0.405. The van der Waals surface area contributed by atoms with E-state index >= 15 is 0 Å². The third-order valence-corrected chi connectivity index (χ3v) is 5.51. The van der Waals surface area contributed by atoms with Gasteiger partial charge in [-0.3, -0.25) is 4.79 Å². The van der Waals surface area contributed by atoms with Gasteiger partial charge in [-0.2, -0.15) is 13.2 Å². The third kappa shape index (κ3) is 5.11.